The van der Waals surface area contributed by atoms with Crippen LogP contribution in [0.3, 0.4) is 0 Å². The molecule has 0 spiro atoms. The van der Waals surface area contributed by atoms with Gasteiger partial charge in [-0.3, -0.25) is 4.79 Å². The maximum Gasteiger partial charge on any atom is 0.216 e. The molecule has 1 amide bonds. The number of hydrogen-bond donors (Lipinski definition) is 3. The highest BCUT2D eigenvalue weighted by atomic mass is 32.1. The van der Waals surface area contributed by atoms with Gasteiger partial charge in [0.25, 0.3) is 0 Å². The van der Waals surface area contributed by atoms with Gasteiger partial charge in [-0.05, 0) is 36.4 Å². The highest BCUT2D eigenvalue weighted by molar-refractivity contribution is 7.79. The highest BCUT2D eigenvalue weighted by Crippen LogP contribution is 2.23. The lowest BCUT2D eigenvalue weighted by Crippen LogP contribution is -2.22. The van der Waals surface area contributed by atoms with E-state index in [1.54, 1.807) is 13.4 Å². The molecule has 1 heterocycles. The van der Waals surface area contributed by atoms with Crippen molar-refractivity contribution in [1.29, 1.82) is 0 Å². The molecule has 2 N–H and O–H groups in total. The minimum Gasteiger partial charge on any atom is -0.497 e. The molecule has 1 aromatic heterocycles. The van der Waals surface area contributed by atoms with Gasteiger partial charge in [0.15, 0.2) is 0 Å². The summed E-state index contributed by atoms with van der Waals surface area (Å²) in [7, 11) is 1.66. The Morgan fingerprint density at radius 1 is 1.42 bits per heavy atom. The Balaban J connectivity index is 0.000000861. The second-order valence-electron chi connectivity index (χ2n) is 3.96. The topological polar surface area (TPSA) is 54.1 Å². The van der Waals surface area contributed by atoms with E-state index in [9.17, 15) is 4.79 Å². The second kappa shape index (κ2) is 7.74. The molecular weight excluding hydrogens is 260 g/mol. The summed E-state index contributed by atoms with van der Waals surface area (Å²) in [6, 6.07) is 5.93. The lowest BCUT2D eigenvalue weighted by atomic mass is 10.1. The number of ether oxygens (including phenoxy) is 1. The molecular formula is C14H20N2O2S. The lowest BCUT2D eigenvalue weighted by Gasteiger charge is -2.03. The van der Waals surface area contributed by atoms with Crippen LogP contribution in [0.25, 0.3) is 10.9 Å². The summed E-state index contributed by atoms with van der Waals surface area (Å²) < 4.78 is 5.21. The maximum absolute atomic E-state index is 10.8. The molecule has 0 bridgehead atoms. The van der Waals surface area contributed by atoms with E-state index in [4.69, 9.17) is 4.74 Å². The summed E-state index contributed by atoms with van der Waals surface area (Å²) >= 11 is 3.53. The van der Waals surface area contributed by atoms with Crippen molar-refractivity contribution < 1.29 is 9.53 Å². The minimum absolute atomic E-state index is 0.00224. The van der Waals surface area contributed by atoms with Gasteiger partial charge in [-0.2, -0.15) is 12.6 Å². The number of methoxy groups -OCH3 is 1. The molecule has 0 unspecified atom stereocenters. The van der Waals surface area contributed by atoms with E-state index in [2.05, 4.69) is 22.9 Å². The van der Waals surface area contributed by atoms with Crippen molar-refractivity contribution in [3.63, 3.8) is 0 Å². The smallest absolute Gasteiger partial charge is 0.216 e. The quantitative estimate of drug-likeness (QED) is 0.753. The third-order valence-corrected chi connectivity index (χ3v) is 2.74. The molecule has 0 aliphatic heterocycles. The summed E-state index contributed by atoms with van der Waals surface area (Å²) in [4.78, 5) is 14.0. The fraction of sp³-hybridized carbons (Fsp3) is 0.357. The number of aromatic amines is 1. The standard InChI is InChI=1S/C13H16N2O2.CH4S/c1-9(16)14-6-5-10-8-15-13-4-3-11(17-2)7-12(10)13;1-2/h3-4,7-8,15H,5-6H2,1-2H3,(H,14,16);2H,1H3. The molecule has 0 fully saturated rings. The number of thiol groups is 1. The predicted molar refractivity (Wildman–Crippen MR) is 82.1 cm³/mol. The van der Waals surface area contributed by atoms with Crippen LogP contribution in [0, 0.1) is 0 Å². The molecule has 4 nitrogen and oxygen atoms in total. The fourth-order valence-corrected chi connectivity index (χ4v) is 1.86. The monoisotopic (exact) mass is 280 g/mol. The van der Waals surface area contributed by atoms with E-state index in [0.29, 0.717) is 6.54 Å². The van der Waals surface area contributed by atoms with Gasteiger partial charge >= 0.3 is 0 Å². The van der Waals surface area contributed by atoms with Crippen molar-refractivity contribution in [1.82, 2.24) is 10.3 Å². The first kappa shape index (κ1) is 15.4. The molecule has 104 valence electrons. The number of amides is 1. The predicted octanol–water partition coefficient (Wildman–Crippen LogP) is 2.40. The van der Waals surface area contributed by atoms with E-state index < -0.39 is 0 Å². The van der Waals surface area contributed by atoms with Crippen molar-refractivity contribution in [3.8, 4) is 5.75 Å². The summed E-state index contributed by atoms with van der Waals surface area (Å²) in [5.41, 5.74) is 2.27. The third-order valence-electron chi connectivity index (χ3n) is 2.74. The van der Waals surface area contributed by atoms with E-state index in [-0.39, 0.29) is 5.91 Å². The SMILES string of the molecule is COc1ccc2[nH]cc(CCNC(C)=O)c2c1.CS. The summed E-state index contributed by atoms with van der Waals surface area (Å²) in [6.07, 6.45) is 4.48. The zero-order valence-corrected chi connectivity index (χ0v) is 12.4. The van der Waals surface area contributed by atoms with Gasteiger partial charge in [0.1, 0.15) is 5.75 Å². The van der Waals surface area contributed by atoms with Gasteiger partial charge in [-0.25, -0.2) is 0 Å². The van der Waals surface area contributed by atoms with E-state index in [0.717, 1.165) is 23.1 Å². The number of carbonyl (C=O) groups excluding carboxylic acids is 1. The first-order valence-corrected chi connectivity index (χ1v) is 6.93. The van der Waals surface area contributed by atoms with Crippen molar-refractivity contribution in [3.05, 3.63) is 30.0 Å². The number of H-pyrrole nitrogens is 1. The van der Waals surface area contributed by atoms with Gasteiger partial charge in [0.05, 0.1) is 7.11 Å². The average molecular weight is 280 g/mol. The Bertz CT molecular complexity index is 537. The van der Waals surface area contributed by atoms with Crippen LogP contribution in [0.1, 0.15) is 12.5 Å². The number of rotatable bonds is 4. The Morgan fingerprint density at radius 2 is 2.16 bits per heavy atom. The van der Waals surface area contributed by atoms with Crippen LogP contribution in [0.5, 0.6) is 5.75 Å². The largest absolute Gasteiger partial charge is 0.497 e. The van der Waals surface area contributed by atoms with Gasteiger partial charge in [0.2, 0.25) is 5.91 Å². The Hall–Kier alpha value is -1.62. The minimum atomic E-state index is 0.00224. The molecule has 0 saturated heterocycles. The van der Waals surface area contributed by atoms with Gasteiger partial charge < -0.3 is 15.0 Å². The van der Waals surface area contributed by atoms with Gasteiger partial charge in [-0.15, -0.1) is 0 Å². The zero-order valence-electron chi connectivity index (χ0n) is 11.5. The van der Waals surface area contributed by atoms with Crippen LogP contribution in [-0.4, -0.2) is 30.8 Å². The Labute approximate surface area is 118 Å². The van der Waals surface area contributed by atoms with Gasteiger partial charge in [0, 0.05) is 30.6 Å². The number of fused-ring (bicyclic) bond motifs is 1. The molecule has 19 heavy (non-hydrogen) atoms. The van der Waals surface area contributed by atoms with Crippen LogP contribution >= 0.6 is 12.6 Å². The van der Waals surface area contributed by atoms with Crippen LogP contribution in [0.2, 0.25) is 0 Å². The van der Waals surface area contributed by atoms with Crippen molar-refractivity contribution in [2.24, 2.45) is 0 Å². The molecule has 0 atom stereocenters. The maximum atomic E-state index is 10.8. The van der Waals surface area contributed by atoms with Crippen LogP contribution in [0.15, 0.2) is 24.4 Å². The molecule has 0 saturated carbocycles. The number of aromatic nitrogens is 1. The second-order valence-corrected chi connectivity index (χ2v) is 3.96. The summed E-state index contributed by atoms with van der Waals surface area (Å²) in [5.74, 6) is 0.847. The molecule has 2 rings (SSSR count). The number of hydrogen-bond acceptors (Lipinski definition) is 3. The van der Waals surface area contributed by atoms with Crippen molar-refractivity contribution in [2.45, 2.75) is 13.3 Å². The molecule has 2 aromatic rings. The van der Waals surface area contributed by atoms with Gasteiger partial charge in [-0.1, -0.05) is 0 Å². The van der Waals surface area contributed by atoms with E-state index in [1.807, 2.05) is 24.4 Å². The third kappa shape index (κ3) is 4.21. The van der Waals surface area contributed by atoms with Crippen molar-refractivity contribution in [2.75, 3.05) is 19.9 Å². The molecule has 0 radical (unpaired) electrons. The van der Waals surface area contributed by atoms with E-state index in [1.165, 1.54) is 12.5 Å². The van der Waals surface area contributed by atoms with Crippen LogP contribution in [-0.2, 0) is 11.2 Å². The number of carbonyl (C=O) groups is 1. The Morgan fingerprint density at radius 3 is 2.79 bits per heavy atom. The number of nitrogens with one attached hydrogen (secondary N) is 2. The first-order valence-electron chi connectivity index (χ1n) is 6.04. The summed E-state index contributed by atoms with van der Waals surface area (Å²) in [6.45, 7) is 2.18. The first-order chi connectivity index (χ1) is 9.20. The number of benzene rings is 1. The zero-order chi connectivity index (χ0) is 14.3. The Kier molecular flexibility index (Phi) is 6.29. The molecule has 1 aromatic carbocycles. The lowest BCUT2D eigenvalue weighted by molar-refractivity contribution is -0.118. The van der Waals surface area contributed by atoms with Crippen LogP contribution < -0.4 is 10.1 Å². The average Bonchev–Trinajstić information content (AvgIpc) is 2.83. The molecule has 0 aliphatic carbocycles. The van der Waals surface area contributed by atoms with Crippen molar-refractivity contribution >= 4 is 29.4 Å². The van der Waals surface area contributed by atoms with Crippen LogP contribution in [0.4, 0.5) is 0 Å². The summed E-state index contributed by atoms with van der Waals surface area (Å²) in [5, 5.41) is 3.94. The van der Waals surface area contributed by atoms with E-state index >= 15 is 0 Å². The highest BCUT2D eigenvalue weighted by Gasteiger charge is 2.05. The normalized spacial score (nSPS) is 9.68. The molecule has 5 heteroatoms. The fourth-order valence-electron chi connectivity index (χ4n) is 1.86. The molecule has 0 aliphatic rings.